The SMILES string of the molecule is Cc1cc(-c2ncnc3c2cc(-c2ccc(N4CCN(C(=O)OC(C)(C)C)CC4)nc2)n3S(=O)(=O)c2ccccc2)ccc1C(C)N1CCn2c(cc3c2C2(CC3)CC2)C1=O. The largest absolute Gasteiger partial charge is 0.444 e. The van der Waals surface area contributed by atoms with Crippen LogP contribution in [0.3, 0.4) is 0 Å². The van der Waals surface area contributed by atoms with E-state index in [9.17, 15) is 18.0 Å². The van der Waals surface area contributed by atoms with Gasteiger partial charge in [-0.3, -0.25) is 4.79 Å². The first-order valence-electron chi connectivity index (χ1n) is 21.2. The summed E-state index contributed by atoms with van der Waals surface area (Å²) in [5, 5.41) is 0.577. The molecule has 2 fully saturated rings. The maximum atomic E-state index is 14.5. The van der Waals surface area contributed by atoms with Gasteiger partial charge in [-0.25, -0.2) is 32.1 Å². The lowest BCUT2D eigenvalue weighted by Gasteiger charge is -2.36. The fourth-order valence-electron chi connectivity index (χ4n) is 9.78. The molecule has 314 valence electrons. The van der Waals surface area contributed by atoms with Gasteiger partial charge in [-0.15, -0.1) is 0 Å². The average molecular weight is 839 g/mol. The van der Waals surface area contributed by atoms with Crippen LogP contribution in [0.1, 0.15) is 85.9 Å². The van der Waals surface area contributed by atoms with Crippen LogP contribution in [0.15, 0.2) is 90.2 Å². The molecule has 1 spiro atoms. The summed E-state index contributed by atoms with van der Waals surface area (Å²) < 4.78 is 38.3. The molecular weight excluding hydrogens is 789 g/mol. The molecule has 6 heterocycles. The fourth-order valence-corrected chi connectivity index (χ4v) is 11.3. The summed E-state index contributed by atoms with van der Waals surface area (Å²) in [7, 11) is -4.13. The Morgan fingerprint density at radius 1 is 0.836 bits per heavy atom. The highest BCUT2D eigenvalue weighted by Crippen LogP contribution is 2.57. The van der Waals surface area contributed by atoms with Crippen LogP contribution < -0.4 is 4.90 Å². The molecule has 2 aromatic carbocycles. The molecule has 4 aliphatic rings. The van der Waals surface area contributed by atoms with Gasteiger partial charge in [0.2, 0.25) is 0 Å². The second-order valence-corrected chi connectivity index (χ2v) is 19.8. The molecule has 1 saturated carbocycles. The van der Waals surface area contributed by atoms with E-state index < -0.39 is 15.6 Å². The number of anilines is 1. The minimum atomic E-state index is -4.13. The highest BCUT2D eigenvalue weighted by atomic mass is 32.2. The maximum absolute atomic E-state index is 14.5. The van der Waals surface area contributed by atoms with E-state index >= 15 is 0 Å². The Morgan fingerprint density at radius 3 is 2.28 bits per heavy atom. The number of rotatable bonds is 7. The van der Waals surface area contributed by atoms with Crippen LogP contribution in [0.2, 0.25) is 0 Å². The number of ether oxygens (including phenoxy) is 1. The standard InChI is InChI=1S/C47H50N8O5S/c1-30-25-32(11-13-36(30)31(2)53-23-24-54-39(44(53)56)26-33-15-16-47(17-18-47)42(33)54)41-37-27-38(55(43(37)50-29-49-41)61(58,59)35-9-7-6-8-10-35)34-12-14-40(48-28-34)51-19-21-52(22-20-51)45(57)60-46(3,4)5/h6-14,25-29,31H,15-24H2,1-5H3. The number of benzene rings is 2. The number of nitrogens with zero attached hydrogens (tertiary/aromatic N) is 8. The van der Waals surface area contributed by atoms with E-state index in [1.54, 1.807) is 41.4 Å². The molecule has 0 N–H and O–H groups in total. The van der Waals surface area contributed by atoms with Gasteiger partial charge in [0.25, 0.3) is 15.9 Å². The molecule has 2 amide bonds. The van der Waals surface area contributed by atoms with Crippen LogP contribution in [0.25, 0.3) is 33.5 Å². The van der Waals surface area contributed by atoms with Gasteiger partial charge in [0.1, 0.15) is 23.4 Å². The summed E-state index contributed by atoms with van der Waals surface area (Å²) in [6, 6.07) is 22.1. The predicted molar refractivity (Wildman–Crippen MR) is 233 cm³/mol. The second-order valence-electron chi connectivity index (χ2n) is 18.0. The minimum absolute atomic E-state index is 0.0849. The van der Waals surface area contributed by atoms with Crippen molar-refractivity contribution in [1.82, 2.24) is 33.3 Å². The van der Waals surface area contributed by atoms with Crippen LogP contribution in [0.4, 0.5) is 10.6 Å². The van der Waals surface area contributed by atoms with E-state index in [2.05, 4.69) is 46.5 Å². The second kappa shape index (κ2) is 14.3. The van der Waals surface area contributed by atoms with Gasteiger partial charge in [0.05, 0.1) is 22.3 Å². The van der Waals surface area contributed by atoms with Crippen molar-refractivity contribution in [2.75, 3.05) is 37.6 Å². The Labute approximate surface area is 356 Å². The van der Waals surface area contributed by atoms with Crippen LogP contribution in [-0.2, 0) is 33.1 Å². The molecule has 14 heteroatoms. The van der Waals surface area contributed by atoms with Crippen LogP contribution >= 0.6 is 0 Å². The quantitative estimate of drug-likeness (QED) is 0.158. The smallest absolute Gasteiger partial charge is 0.410 e. The molecule has 1 unspecified atom stereocenters. The molecule has 2 aliphatic carbocycles. The van der Waals surface area contributed by atoms with E-state index in [0.717, 1.165) is 41.2 Å². The minimum Gasteiger partial charge on any atom is -0.444 e. The van der Waals surface area contributed by atoms with Gasteiger partial charge in [-0.2, -0.15) is 0 Å². The lowest BCUT2D eigenvalue weighted by molar-refractivity contribution is 0.0240. The van der Waals surface area contributed by atoms with Crippen molar-refractivity contribution in [3.63, 3.8) is 0 Å². The predicted octanol–water partition coefficient (Wildman–Crippen LogP) is 7.76. The highest BCUT2D eigenvalue weighted by Gasteiger charge is 2.52. The van der Waals surface area contributed by atoms with Gasteiger partial charge >= 0.3 is 6.09 Å². The van der Waals surface area contributed by atoms with Crippen LogP contribution in [0, 0.1) is 6.92 Å². The Morgan fingerprint density at radius 2 is 1.59 bits per heavy atom. The Hall–Kier alpha value is -6.02. The number of fused-ring (bicyclic) bond motifs is 5. The van der Waals surface area contributed by atoms with E-state index in [1.807, 2.05) is 49.9 Å². The van der Waals surface area contributed by atoms with Gasteiger partial charge in [0, 0.05) is 73.1 Å². The molecule has 1 saturated heterocycles. The number of amides is 2. The topological polar surface area (TPSA) is 136 Å². The van der Waals surface area contributed by atoms with Crippen molar-refractivity contribution in [3.05, 3.63) is 113 Å². The van der Waals surface area contributed by atoms with Gasteiger partial charge in [0.15, 0.2) is 5.65 Å². The van der Waals surface area contributed by atoms with E-state index in [-0.39, 0.29) is 28.6 Å². The first-order chi connectivity index (χ1) is 29.2. The number of carbonyl (C=O) groups is 2. The molecule has 6 aromatic rings. The molecule has 0 bridgehead atoms. The third-order valence-corrected chi connectivity index (χ3v) is 14.8. The van der Waals surface area contributed by atoms with Crippen molar-refractivity contribution >= 4 is 38.9 Å². The summed E-state index contributed by atoms with van der Waals surface area (Å²) in [4.78, 5) is 46.7. The average Bonchev–Trinajstić information content (AvgIpc) is 3.57. The molecule has 2 aliphatic heterocycles. The van der Waals surface area contributed by atoms with Crippen molar-refractivity contribution in [2.45, 2.75) is 88.8 Å². The molecule has 1 atom stereocenters. The summed E-state index contributed by atoms with van der Waals surface area (Å²) in [6.45, 7) is 13.3. The zero-order chi connectivity index (χ0) is 42.4. The molecular formula is C47H50N8O5S. The van der Waals surface area contributed by atoms with Crippen molar-refractivity contribution in [2.24, 2.45) is 0 Å². The zero-order valence-electron chi connectivity index (χ0n) is 35.3. The Kier molecular flexibility index (Phi) is 9.17. The van der Waals surface area contributed by atoms with Gasteiger partial charge < -0.3 is 24.0 Å². The maximum Gasteiger partial charge on any atom is 0.410 e. The Balaban J connectivity index is 0.960. The molecule has 4 aromatic heterocycles. The van der Waals surface area contributed by atoms with Gasteiger partial charge in [-0.05, 0) is 119 Å². The van der Waals surface area contributed by atoms with Crippen molar-refractivity contribution in [3.8, 4) is 22.5 Å². The lowest BCUT2D eigenvalue weighted by Crippen LogP contribution is -2.50. The summed E-state index contributed by atoms with van der Waals surface area (Å²) >= 11 is 0. The van der Waals surface area contributed by atoms with Gasteiger partial charge in [-0.1, -0.05) is 30.3 Å². The third-order valence-electron chi connectivity index (χ3n) is 13.0. The van der Waals surface area contributed by atoms with Crippen LogP contribution in [-0.4, -0.2) is 92.0 Å². The number of aromatic nitrogens is 5. The molecule has 0 radical (unpaired) electrons. The molecule has 13 nitrogen and oxygen atoms in total. The number of hydrogen-bond acceptors (Lipinski definition) is 9. The van der Waals surface area contributed by atoms with Crippen LogP contribution in [0.5, 0.6) is 0 Å². The number of hydrogen-bond donors (Lipinski definition) is 0. The monoisotopic (exact) mass is 838 g/mol. The summed E-state index contributed by atoms with van der Waals surface area (Å²) in [5.74, 6) is 0.809. The molecule has 61 heavy (non-hydrogen) atoms. The zero-order valence-corrected chi connectivity index (χ0v) is 36.1. The lowest BCUT2D eigenvalue weighted by atomic mass is 9.96. The normalized spacial score (nSPS) is 17.8. The van der Waals surface area contributed by atoms with E-state index in [1.165, 1.54) is 40.8 Å². The van der Waals surface area contributed by atoms with Crippen molar-refractivity contribution < 1.29 is 22.7 Å². The number of aryl methyl sites for hydroxylation is 2. The first-order valence-corrected chi connectivity index (χ1v) is 22.7. The fraction of sp³-hybridized carbons (Fsp3) is 0.383. The first kappa shape index (κ1) is 39.1. The van der Waals surface area contributed by atoms with E-state index in [0.29, 0.717) is 60.5 Å². The Bertz CT molecular complexity index is 2830. The number of carbonyl (C=O) groups excluding carboxylic acids is 2. The number of pyridine rings is 1. The van der Waals surface area contributed by atoms with E-state index in [4.69, 9.17) is 14.7 Å². The third kappa shape index (κ3) is 6.66. The molecule has 10 rings (SSSR count). The van der Waals surface area contributed by atoms with Crippen molar-refractivity contribution in [1.29, 1.82) is 0 Å². The summed E-state index contributed by atoms with van der Waals surface area (Å²) in [5.41, 5.74) is 8.07. The highest BCUT2D eigenvalue weighted by molar-refractivity contribution is 7.90. The number of piperazine rings is 1. The summed E-state index contributed by atoms with van der Waals surface area (Å²) in [6.07, 6.45) is 7.52.